The summed E-state index contributed by atoms with van der Waals surface area (Å²) in [6.07, 6.45) is 4.74. The maximum Gasteiger partial charge on any atom is 0.329 e. The predicted molar refractivity (Wildman–Crippen MR) is 110 cm³/mol. The molecule has 8 heteroatoms. The summed E-state index contributed by atoms with van der Waals surface area (Å²) in [5.41, 5.74) is 0.369. The highest BCUT2D eigenvalue weighted by Crippen LogP contribution is 2.33. The van der Waals surface area contributed by atoms with Crippen molar-refractivity contribution >= 4 is 17.8 Å². The number of nitrogens with one attached hydrogen (secondary N) is 2. The Kier molecular flexibility index (Phi) is 5.46. The topological polar surface area (TPSA) is 82.9 Å². The molecule has 2 saturated heterocycles. The van der Waals surface area contributed by atoms with Crippen LogP contribution >= 0.6 is 0 Å². The van der Waals surface area contributed by atoms with Crippen LogP contribution in [-0.4, -0.2) is 65.2 Å². The number of hydrogen-bond acceptors (Lipinski definition) is 5. The number of amides is 3. The van der Waals surface area contributed by atoms with Gasteiger partial charge < -0.3 is 15.1 Å². The molecule has 1 aliphatic carbocycles. The minimum atomic E-state index is -0.623. The fourth-order valence-electron chi connectivity index (χ4n) is 4.74. The van der Waals surface area contributed by atoms with Crippen molar-refractivity contribution in [2.45, 2.75) is 64.3 Å². The molecule has 4 rings (SSSR count). The maximum absolute atomic E-state index is 13.0. The molecule has 1 aromatic rings. The van der Waals surface area contributed by atoms with E-state index in [1.165, 1.54) is 9.80 Å². The van der Waals surface area contributed by atoms with Gasteiger partial charge in [-0.3, -0.25) is 4.79 Å². The average molecular weight is 402 g/mol. The third-order valence-corrected chi connectivity index (χ3v) is 6.50. The SMILES string of the molecule is Cc1cc(N2CC[NH+](CN3C(=O)NC4(CCCCC4)C3=O)CC2)nc(C(C)C)n1. The number of urea groups is 1. The lowest BCUT2D eigenvalue weighted by atomic mass is 9.82. The Hall–Kier alpha value is -2.22. The summed E-state index contributed by atoms with van der Waals surface area (Å²) in [5.74, 6) is 2.15. The molecule has 3 heterocycles. The number of piperazine rings is 1. The Bertz CT molecular complexity index is 781. The molecule has 8 nitrogen and oxygen atoms in total. The molecular formula is C21H33N6O2+. The second-order valence-electron chi connectivity index (χ2n) is 9.08. The zero-order valence-electron chi connectivity index (χ0n) is 17.8. The van der Waals surface area contributed by atoms with Crippen LogP contribution in [0.3, 0.4) is 0 Å². The number of anilines is 1. The van der Waals surface area contributed by atoms with Crippen LogP contribution in [0, 0.1) is 6.92 Å². The van der Waals surface area contributed by atoms with E-state index < -0.39 is 5.54 Å². The van der Waals surface area contributed by atoms with Crippen LogP contribution in [0.1, 0.15) is 63.4 Å². The van der Waals surface area contributed by atoms with E-state index in [0.29, 0.717) is 12.6 Å². The summed E-state index contributed by atoms with van der Waals surface area (Å²) in [5, 5.41) is 3.01. The van der Waals surface area contributed by atoms with E-state index in [9.17, 15) is 9.59 Å². The van der Waals surface area contributed by atoms with Crippen molar-refractivity contribution in [3.8, 4) is 0 Å². The molecule has 1 aromatic heterocycles. The van der Waals surface area contributed by atoms with Crippen molar-refractivity contribution in [1.29, 1.82) is 0 Å². The summed E-state index contributed by atoms with van der Waals surface area (Å²) in [6, 6.07) is 1.83. The number of quaternary nitrogens is 1. The molecule has 2 aliphatic heterocycles. The molecule has 3 aliphatic rings. The van der Waals surface area contributed by atoms with E-state index in [1.54, 1.807) is 0 Å². The van der Waals surface area contributed by atoms with Gasteiger partial charge >= 0.3 is 6.03 Å². The second kappa shape index (κ2) is 7.89. The average Bonchev–Trinajstić information content (AvgIpc) is 2.92. The number of imide groups is 1. The number of hydrogen-bond donors (Lipinski definition) is 2. The lowest BCUT2D eigenvalue weighted by molar-refractivity contribution is -0.907. The molecule has 1 spiro atoms. The largest absolute Gasteiger partial charge is 0.345 e. The third kappa shape index (κ3) is 3.95. The molecule has 3 fully saturated rings. The van der Waals surface area contributed by atoms with E-state index in [4.69, 9.17) is 4.98 Å². The van der Waals surface area contributed by atoms with Crippen molar-refractivity contribution in [3.05, 3.63) is 17.6 Å². The van der Waals surface area contributed by atoms with E-state index in [-0.39, 0.29) is 11.9 Å². The van der Waals surface area contributed by atoms with Gasteiger partial charge in [0, 0.05) is 17.7 Å². The molecule has 29 heavy (non-hydrogen) atoms. The molecule has 0 radical (unpaired) electrons. The number of carbonyl (C=O) groups excluding carboxylic acids is 2. The van der Waals surface area contributed by atoms with Crippen LogP contribution in [0.5, 0.6) is 0 Å². The van der Waals surface area contributed by atoms with Gasteiger partial charge in [-0.25, -0.2) is 19.7 Å². The maximum atomic E-state index is 13.0. The van der Waals surface area contributed by atoms with Gasteiger partial charge in [-0.05, 0) is 19.8 Å². The van der Waals surface area contributed by atoms with Crippen LogP contribution in [0.2, 0.25) is 0 Å². The first-order valence-electron chi connectivity index (χ1n) is 11.0. The highest BCUT2D eigenvalue weighted by molar-refractivity contribution is 6.06. The van der Waals surface area contributed by atoms with Gasteiger partial charge in [0.05, 0.1) is 26.2 Å². The molecule has 0 atom stereocenters. The van der Waals surface area contributed by atoms with Gasteiger partial charge in [-0.2, -0.15) is 0 Å². The first kappa shape index (κ1) is 20.1. The summed E-state index contributed by atoms with van der Waals surface area (Å²) in [6.45, 7) is 10.2. The van der Waals surface area contributed by atoms with Gasteiger partial charge in [0.25, 0.3) is 5.91 Å². The zero-order valence-corrected chi connectivity index (χ0v) is 17.8. The Labute approximate surface area is 172 Å². The van der Waals surface area contributed by atoms with Crippen molar-refractivity contribution < 1.29 is 14.5 Å². The number of aryl methyl sites for hydroxylation is 1. The smallest absolute Gasteiger partial charge is 0.329 e. The predicted octanol–water partition coefficient (Wildman–Crippen LogP) is 0.826. The number of nitrogens with zero attached hydrogens (tertiary/aromatic N) is 4. The highest BCUT2D eigenvalue weighted by Gasteiger charge is 2.52. The molecule has 158 valence electrons. The van der Waals surface area contributed by atoms with Crippen LogP contribution in [0.4, 0.5) is 10.6 Å². The van der Waals surface area contributed by atoms with Crippen molar-refractivity contribution in [2.24, 2.45) is 0 Å². The Morgan fingerprint density at radius 2 is 1.83 bits per heavy atom. The molecule has 3 amide bonds. The number of rotatable bonds is 4. The lowest BCUT2D eigenvalue weighted by Crippen LogP contribution is -3.16. The Balaban J connectivity index is 1.37. The lowest BCUT2D eigenvalue weighted by Gasteiger charge is -2.34. The van der Waals surface area contributed by atoms with Crippen LogP contribution in [0.25, 0.3) is 0 Å². The third-order valence-electron chi connectivity index (χ3n) is 6.50. The van der Waals surface area contributed by atoms with Gasteiger partial charge in [0.1, 0.15) is 17.2 Å². The summed E-state index contributed by atoms with van der Waals surface area (Å²) < 4.78 is 0. The molecule has 0 unspecified atom stereocenters. The van der Waals surface area contributed by atoms with Gasteiger partial charge in [-0.15, -0.1) is 0 Å². The fourth-order valence-corrected chi connectivity index (χ4v) is 4.74. The van der Waals surface area contributed by atoms with Crippen molar-refractivity contribution in [2.75, 3.05) is 37.7 Å². The van der Waals surface area contributed by atoms with Gasteiger partial charge in [0.2, 0.25) is 0 Å². The molecular weight excluding hydrogens is 368 g/mol. The first-order valence-corrected chi connectivity index (χ1v) is 11.0. The fraction of sp³-hybridized carbons (Fsp3) is 0.714. The molecule has 2 N–H and O–H groups in total. The number of carbonyl (C=O) groups is 2. The zero-order chi connectivity index (χ0) is 20.6. The van der Waals surface area contributed by atoms with E-state index in [1.807, 2.05) is 13.0 Å². The summed E-state index contributed by atoms with van der Waals surface area (Å²) in [7, 11) is 0. The van der Waals surface area contributed by atoms with Crippen molar-refractivity contribution in [3.63, 3.8) is 0 Å². The highest BCUT2D eigenvalue weighted by atomic mass is 16.2. The van der Waals surface area contributed by atoms with Crippen LogP contribution in [-0.2, 0) is 4.79 Å². The minimum Gasteiger partial charge on any atom is -0.345 e. The number of aromatic nitrogens is 2. The minimum absolute atomic E-state index is 0.00914. The van der Waals surface area contributed by atoms with Gasteiger partial charge in [0.15, 0.2) is 6.67 Å². The second-order valence-corrected chi connectivity index (χ2v) is 9.08. The van der Waals surface area contributed by atoms with E-state index >= 15 is 0 Å². The van der Waals surface area contributed by atoms with E-state index in [2.05, 4.69) is 29.0 Å². The summed E-state index contributed by atoms with van der Waals surface area (Å²) in [4.78, 5) is 39.8. The van der Waals surface area contributed by atoms with Crippen molar-refractivity contribution in [1.82, 2.24) is 20.2 Å². The Morgan fingerprint density at radius 3 is 2.48 bits per heavy atom. The first-order chi connectivity index (χ1) is 13.9. The Morgan fingerprint density at radius 1 is 1.14 bits per heavy atom. The quantitative estimate of drug-likeness (QED) is 0.730. The molecule has 1 saturated carbocycles. The molecule has 0 aromatic carbocycles. The normalized spacial score (nSPS) is 22.6. The standard InChI is InChI=1S/C21H32N6O2/c1-15(2)18-22-16(3)13-17(23-18)26-11-9-25(10-12-26)14-27-19(28)21(24-20(27)29)7-5-4-6-8-21/h13,15H,4-12,14H2,1-3H3,(H,24,29)/p+1. The monoisotopic (exact) mass is 401 g/mol. The summed E-state index contributed by atoms with van der Waals surface area (Å²) >= 11 is 0. The van der Waals surface area contributed by atoms with Crippen LogP contribution in [0.15, 0.2) is 6.07 Å². The molecule has 0 bridgehead atoms. The van der Waals surface area contributed by atoms with Gasteiger partial charge in [-0.1, -0.05) is 33.1 Å². The van der Waals surface area contributed by atoms with E-state index in [0.717, 1.165) is 75.6 Å². The van der Waals surface area contributed by atoms with Crippen LogP contribution < -0.4 is 15.1 Å².